The summed E-state index contributed by atoms with van der Waals surface area (Å²) in [6.07, 6.45) is 0.678. The van der Waals surface area contributed by atoms with Gasteiger partial charge in [0, 0.05) is 18.8 Å². The first-order valence-corrected chi connectivity index (χ1v) is 5.47. The highest BCUT2D eigenvalue weighted by molar-refractivity contribution is 5.93. The molecule has 0 aliphatic heterocycles. The summed E-state index contributed by atoms with van der Waals surface area (Å²) < 4.78 is 1.71. The Labute approximate surface area is 96.0 Å². The molecule has 1 amide bonds. The molecule has 5 heteroatoms. The second-order valence-corrected chi connectivity index (χ2v) is 4.52. The molecule has 3 N–H and O–H groups in total. The number of carbonyl (C=O) groups excluding carboxylic acids is 1. The zero-order chi connectivity index (χ0) is 12.3. The maximum Gasteiger partial charge on any atom is 0.242 e. The number of rotatable bonds is 4. The molecular formula is C11H20N4O. The molecule has 0 saturated heterocycles. The van der Waals surface area contributed by atoms with Crippen LogP contribution in [0, 0.1) is 12.8 Å². The van der Waals surface area contributed by atoms with Crippen LogP contribution in [-0.2, 0) is 11.8 Å². The van der Waals surface area contributed by atoms with Gasteiger partial charge in [-0.2, -0.15) is 5.10 Å². The lowest BCUT2D eigenvalue weighted by Crippen LogP contribution is -2.36. The summed E-state index contributed by atoms with van der Waals surface area (Å²) in [5.41, 5.74) is 6.76. The summed E-state index contributed by atoms with van der Waals surface area (Å²) in [6, 6.07) is 1.35. The van der Waals surface area contributed by atoms with Crippen molar-refractivity contribution in [2.75, 3.05) is 5.32 Å². The summed E-state index contributed by atoms with van der Waals surface area (Å²) >= 11 is 0. The van der Waals surface area contributed by atoms with Gasteiger partial charge in [0.05, 0.1) is 6.04 Å². The minimum absolute atomic E-state index is 0.174. The molecule has 0 bridgehead atoms. The number of nitrogens with one attached hydrogen (secondary N) is 1. The van der Waals surface area contributed by atoms with Gasteiger partial charge in [0.15, 0.2) is 5.82 Å². The molecule has 1 aromatic heterocycles. The fourth-order valence-electron chi connectivity index (χ4n) is 1.46. The van der Waals surface area contributed by atoms with Crippen molar-refractivity contribution in [3.05, 3.63) is 11.8 Å². The number of carbonyl (C=O) groups is 1. The third kappa shape index (κ3) is 3.34. The van der Waals surface area contributed by atoms with E-state index >= 15 is 0 Å². The molecule has 0 unspecified atom stereocenters. The molecule has 1 rings (SSSR count). The van der Waals surface area contributed by atoms with Gasteiger partial charge in [-0.15, -0.1) is 0 Å². The summed E-state index contributed by atoms with van der Waals surface area (Å²) in [4.78, 5) is 11.7. The van der Waals surface area contributed by atoms with Gasteiger partial charge in [0.25, 0.3) is 0 Å². The average molecular weight is 224 g/mol. The monoisotopic (exact) mass is 224 g/mol. The highest BCUT2D eigenvalue weighted by atomic mass is 16.2. The Hall–Kier alpha value is -1.36. The molecular weight excluding hydrogens is 204 g/mol. The van der Waals surface area contributed by atoms with E-state index in [-0.39, 0.29) is 5.91 Å². The zero-order valence-corrected chi connectivity index (χ0v) is 10.3. The van der Waals surface area contributed by atoms with E-state index in [1.165, 1.54) is 0 Å². The standard InChI is InChI=1S/C11H20N4O/c1-7(2)5-9(12)11(16)13-10-6-8(3)15(4)14-10/h6-7,9H,5,12H2,1-4H3,(H,13,14,16)/t9-/m1/s1. The Morgan fingerprint density at radius 2 is 2.25 bits per heavy atom. The number of hydrogen-bond donors (Lipinski definition) is 2. The molecule has 0 radical (unpaired) electrons. The minimum atomic E-state index is -0.470. The van der Waals surface area contributed by atoms with Crippen molar-refractivity contribution in [1.82, 2.24) is 9.78 Å². The van der Waals surface area contributed by atoms with Crippen molar-refractivity contribution < 1.29 is 4.79 Å². The van der Waals surface area contributed by atoms with Gasteiger partial charge in [-0.3, -0.25) is 9.48 Å². The van der Waals surface area contributed by atoms with Crippen LogP contribution in [0.1, 0.15) is 26.0 Å². The quantitative estimate of drug-likeness (QED) is 0.802. The van der Waals surface area contributed by atoms with Crippen molar-refractivity contribution in [2.24, 2.45) is 18.7 Å². The lowest BCUT2D eigenvalue weighted by atomic mass is 10.0. The zero-order valence-electron chi connectivity index (χ0n) is 10.3. The fourth-order valence-corrected chi connectivity index (χ4v) is 1.46. The van der Waals surface area contributed by atoms with Crippen LogP contribution in [0.5, 0.6) is 0 Å². The van der Waals surface area contributed by atoms with E-state index in [9.17, 15) is 4.79 Å². The number of anilines is 1. The lowest BCUT2D eigenvalue weighted by molar-refractivity contribution is -0.117. The molecule has 1 aromatic rings. The number of nitrogens with two attached hydrogens (primary N) is 1. The van der Waals surface area contributed by atoms with Gasteiger partial charge in [-0.05, 0) is 19.3 Å². The van der Waals surface area contributed by atoms with Crippen molar-refractivity contribution in [2.45, 2.75) is 33.2 Å². The molecule has 0 aliphatic rings. The predicted molar refractivity (Wildman–Crippen MR) is 64.0 cm³/mol. The van der Waals surface area contributed by atoms with E-state index in [4.69, 9.17) is 5.73 Å². The Balaban J connectivity index is 2.57. The summed E-state index contributed by atoms with van der Waals surface area (Å²) in [5.74, 6) is 0.794. The molecule has 0 saturated carbocycles. The highest BCUT2D eigenvalue weighted by Crippen LogP contribution is 2.09. The van der Waals surface area contributed by atoms with Gasteiger partial charge >= 0.3 is 0 Å². The lowest BCUT2D eigenvalue weighted by Gasteiger charge is -2.12. The summed E-state index contributed by atoms with van der Waals surface area (Å²) in [5, 5.41) is 6.85. The molecule has 0 spiro atoms. The van der Waals surface area contributed by atoms with Crippen LogP contribution in [-0.4, -0.2) is 21.7 Å². The first-order chi connectivity index (χ1) is 7.40. The molecule has 16 heavy (non-hydrogen) atoms. The number of nitrogens with zero attached hydrogens (tertiary/aromatic N) is 2. The van der Waals surface area contributed by atoms with Crippen LogP contribution in [0.4, 0.5) is 5.82 Å². The number of aromatic nitrogens is 2. The van der Waals surface area contributed by atoms with Gasteiger partial charge in [-0.1, -0.05) is 13.8 Å². The van der Waals surface area contributed by atoms with E-state index < -0.39 is 6.04 Å². The number of hydrogen-bond acceptors (Lipinski definition) is 3. The largest absolute Gasteiger partial charge is 0.320 e. The molecule has 5 nitrogen and oxygen atoms in total. The van der Waals surface area contributed by atoms with Gasteiger partial charge < -0.3 is 11.1 Å². The third-order valence-electron chi connectivity index (χ3n) is 2.43. The fraction of sp³-hybridized carbons (Fsp3) is 0.636. The Morgan fingerprint density at radius 3 is 2.69 bits per heavy atom. The SMILES string of the molecule is Cc1cc(NC(=O)[C@H](N)CC(C)C)nn1C. The number of aryl methyl sites for hydroxylation is 2. The maximum absolute atomic E-state index is 11.7. The van der Waals surface area contributed by atoms with E-state index in [1.54, 1.807) is 4.68 Å². The smallest absolute Gasteiger partial charge is 0.242 e. The van der Waals surface area contributed by atoms with Gasteiger partial charge in [0.1, 0.15) is 0 Å². The predicted octanol–water partition coefficient (Wildman–Crippen LogP) is 1.04. The van der Waals surface area contributed by atoms with Crippen LogP contribution in [0.3, 0.4) is 0 Å². The number of amides is 1. The van der Waals surface area contributed by atoms with Crippen LogP contribution in [0.15, 0.2) is 6.07 Å². The van der Waals surface area contributed by atoms with Gasteiger partial charge in [-0.25, -0.2) is 0 Å². The van der Waals surface area contributed by atoms with E-state index in [0.717, 1.165) is 5.69 Å². The van der Waals surface area contributed by atoms with Crippen LogP contribution in [0.2, 0.25) is 0 Å². The first kappa shape index (κ1) is 12.7. The normalized spacial score (nSPS) is 12.9. The summed E-state index contributed by atoms with van der Waals surface area (Å²) in [6.45, 7) is 6.01. The van der Waals surface area contributed by atoms with Crippen molar-refractivity contribution in [1.29, 1.82) is 0 Å². The summed E-state index contributed by atoms with van der Waals surface area (Å²) in [7, 11) is 1.83. The van der Waals surface area contributed by atoms with E-state index in [2.05, 4.69) is 10.4 Å². The Bertz CT molecular complexity index is 351. The van der Waals surface area contributed by atoms with Crippen LogP contribution in [0.25, 0.3) is 0 Å². The maximum atomic E-state index is 11.7. The van der Waals surface area contributed by atoms with Crippen LogP contribution < -0.4 is 11.1 Å². The molecule has 0 aliphatic carbocycles. The first-order valence-electron chi connectivity index (χ1n) is 5.47. The average Bonchev–Trinajstić information content (AvgIpc) is 2.44. The van der Waals surface area contributed by atoms with Crippen molar-refractivity contribution in [3.8, 4) is 0 Å². The Morgan fingerprint density at radius 1 is 1.62 bits per heavy atom. The molecule has 90 valence electrons. The second kappa shape index (κ2) is 5.12. The minimum Gasteiger partial charge on any atom is -0.320 e. The molecule has 1 heterocycles. The molecule has 0 fully saturated rings. The Kier molecular flexibility index (Phi) is 4.06. The molecule has 1 atom stereocenters. The van der Waals surface area contributed by atoms with Gasteiger partial charge in [0.2, 0.25) is 5.91 Å². The van der Waals surface area contributed by atoms with Crippen molar-refractivity contribution >= 4 is 11.7 Å². The van der Waals surface area contributed by atoms with E-state index in [1.807, 2.05) is 33.9 Å². The second-order valence-electron chi connectivity index (χ2n) is 4.52. The van der Waals surface area contributed by atoms with Crippen LogP contribution >= 0.6 is 0 Å². The third-order valence-corrected chi connectivity index (χ3v) is 2.43. The molecule has 0 aromatic carbocycles. The van der Waals surface area contributed by atoms with Crippen molar-refractivity contribution in [3.63, 3.8) is 0 Å². The van der Waals surface area contributed by atoms with E-state index in [0.29, 0.717) is 18.2 Å². The topological polar surface area (TPSA) is 72.9 Å². The highest BCUT2D eigenvalue weighted by Gasteiger charge is 2.16.